The van der Waals surface area contributed by atoms with Gasteiger partial charge in [0.25, 0.3) is 5.56 Å². The Kier molecular flexibility index (Phi) is 3.95. The first kappa shape index (κ1) is 15.6. The van der Waals surface area contributed by atoms with E-state index in [0.717, 1.165) is 6.07 Å². The Morgan fingerprint density at radius 1 is 1.17 bits per heavy atom. The van der Waals surface area contributed by atoms with Crippen molar-refractivity contribution >= 4 is 16.7 Å². The number of phenols is 2. The van der Waals surface area contributed by atoms with Crippen molar-refractivity contribution < 1.29 is 19.7 Å². The van der Waals surface area contributed by atoms with Crippen molar-refractivity contribution in [3.05, 3.63) is 58.4 Å². The number of aromatic hydroxyl groups is 2. The number of rotatable bonds is 3. The quantitative estimate of drug-likeness (QED) is 0.643. The van der Waals surface area contributed by atoms with E-state index in [2.05, 4.69) is 4.98 Å². The SMILES string of the molecule is CCOC(=O)c1c(-c2ccccc2)[nH]c(=O)c2c(O)cc(O)cc12. The number of hydrogen-bond donors (Lipinski definition) is 3. The molecule has 0 aliphatic carbocycles. The van der Waals surface area contributed by atoms with Crippen LogP contribution in [0.3, 0.4) is 0 Å². The summed E-state index contributed by atoms with van der Waals surface area (Å²) in [4.78, 5) is 27.5. The lowest BCUT2D eigenvalue weighted by Crippen LogP contribution is -2.15. The Morgan fingerprint density at radius 2 is 1.88 bits per heavy atom. The first-order valence-corrected chi connectivity index (χ1v) is 7.37. The van der Waals surface area contributed by atoms with Crippen molar-refractivity contribution in [1.29, 1.82) is 0 Å². The van der Waals surface area contributed by atoms with E-state index < -0.39 is 17.3 Å². The topological polar surface area (TPSA) is 99.6 Å². The van der Waals surface area contributed by atoms with Gasteiger partial charge < -0.3 is 19.9 Å². The molecule has 0 atom stereocenters. The highest BCUT2D eigenvalue weighted by atomic mass is 16.5. The molecule has 1 heterocycles. The number of aromatic nitrogens is 1. The molecule has 0 amide bonds. The van der Waals surface area contributed by atoms with Crippen LogP contribution >= 0.6 is 0 Å². The Hall–Kier alpha value is -3.28. The summed E-state index contributed by atoms with van der Waals surface area (Å²) in [6.07, 6.45) is 0. The maximum atomic E-state index is 12.5. The number of phenolic OH excluding ortho intramolecular Hbond substituents is 2. The van der Waals surface area contributed by atoms with Gasteiger partial charge in [0.2, 0.25) is 0 Å². The van der Waals surface area contributed by atoms with Crippen LogP contribution in [0.2, 0.25) is 0 Å². The van der Waals surface area contributed by atoms with Crippen LogP contribution in [0.15, 0.2) is 47.3 Å². The average molecular weight is 325 g/mol. The molecule has 0 saturated carbocycles. The van der Waals surface area contributed by atoms with Crippen LogP contribution in [0.25, 0.3) is 22.0 Å². The molecule has 0 radical (unpaired) electrons. The number of nitrogens with one attached hydrogen (secondary N) is 1. The van der Waals surface area contributed by atoms with Crippen molar-refractivity contribution in [2.75, 3.05) is 6.61 Å². The van der Waals surface area contributed by atoms with Crippen molar-refractivity contribution in [3.8, 4) is 22.8 Å². The smallest absolute Gasteiger partial charge is 0.340 e. The van der Waals surface area contributed by atoms with Crippen molar-refractivity contribution in [2.24, 2.45) is 0 Å². The fourth-order valence-electron chi connectivity index (χ4n) is 2.66. The molecule has 3 N–H and O–H groups in total. The molecule has 2 aromatic carbocycles. The lowest BCUT2D eigenvalue weighted by atomic mass is 9.99. The summed E-state index contributed by atoms with van der Waals surface area (Å²) in [5.41, 5.74) is 0.414. The van der Waals surface area contributed by atoms with Gasteiger partial charge in [0.1, 0.15) is 11.5 Å². The van der Waals surface area contributed by atoms with Crippen LogP contribution < -0.4 is 5.56 Å². The Labute approximate surface area is 137 Å². The fraction of sp³-hybridized carbons (Fsp3) is 0.111. The van der Waals surface area contributed by atoms with Gasteiger partial charge in [-0.15, -0.1) is 0 Å². The van der Waals surface area contributed by atoms with Gasteiger partial charge in [0.15, 0.2) is 0 Å². The van der Waals surface area contributed by atoms with Gasteiger partial charge in [-0.1, -0.05) is 30.3 Å². The van der Waals surface area contributed by atoms with Crippen LogP contribution in [0.4, 0.5) is 0 Å². The van der Waals surface area contributed by atoms with E-state index in [1.807, 2.05) is 6.07 Å². The average Bonchev–Trinajstić information content (AvgIpc) is 2.54. The van der Waals surface area contributed by atoms with Crippen LogP contribution in [-0.4, -0.2) is 27.8 Å². The number of hydrogen-bond acceptors (Lipinski definition) is 5. The Morgan fingerprint density at radius 3 is 2.54 bits per heavy atom. The highest BCUT2D eigenvalue weighted by molar-refractivity contribution is 6.10. The number of fused-ring (bicyclic) bond motifs is 1. The normalized spacial score (nSPS) is 10.7. The molecular weight excluding hydrogens is 310 g/mol. The molecule has 0 aliphatic heterocycles. The molecule has 6 heteroatoms. The van der Waals surface area contributed by atoms with Gasteiger partial charge >= 0.3 is 5.97 Å². The van der Waals surface area contributed by atoms with Crippen LogP contribution in [0, 0.1) is 0 Å². The summed E-state index contributed by atoms with van der Waals surface area (Å²) >= 11 is 0. The summed E-state index contributed by atoms with van der Waals surface area (Å²) in [5.74, 6) is -1.31. The number of carbonyl (C=O) groups is 1. The third kappa shape index (κ3) is 2.58. The van der Waals surface area contributed by atoms with Crippen molar-refractivity contribution in [3.63, 3.8) is 0 Å². The summed E-state index contributed by atoms with van der Waals surface area (Å²) in [5, 5.41) is 19.8. The Bertz CT molecular complexity index is 976. The van der Waals surface area contributed by atoms with E-state index in [9.17, 15) is 19.8 Å². The molecule has 122 valence electrons. The summed E-state index contributed by atoms with van der Waals surface area (Å²) in [6, 6.07) is 11.1. The number of ether oxygens (including phenoxy) is 1. The predicted molar refractivity (Wildman–Crippen MR) is 89.3 cm³/mol. The van der Waals surface area contributed by atoms with E-state index in [0.29, 0.717) is 5.56 Å². The second-order valence-corrected chi connectivity index (χ2v) is 5.18. The molecule has 0 spiro atoms. The highest BCUT2D eigenvalue weighted by Gasteiger charge is 2.22. The first-order chi connectivity index (χ1) is 11.5. The minimum Gasteiger partial charge on any atom is -0.508 e. The number of benzene rings is 2. The maximum Gasteiger partial charge on any atom is 0.340 e. The van der Waals surface area contributed by atoms with Crippen molar-refractivity contribution in [1.82, 2.24) is 4.98 Å². The van der Waals surface area contributed by atoms with Gasteiger partial charge in [0, 0.05) is 11.5 Å². The molecule has 0 unspecified atom stereocenters. The second kappa shape index (κ2) is 6.08. The minimum atomic E-state index is -0.650. The molecule has 24 heavy (non-hydrogen) atoms. The largest absolute Gasteiger partial charge is 0.508 e. The zero-order valence-corrected chi connectivity index (χ0v) is 12.9. The minimum absolute atomic E-state index is 0.0736. The predicted octanol–water partition coefficient (Wildman–Crippen LogP) is 2.78. The molecule has 1 aromatic heterocycles. The number of aromatic amines is 1. The van der Waals surface area contributed by atoms with E-state index in [-0.39, 0.29) is 34.4 Å². The molecule has 0 bridgehead atoms. The molecule has 0 aliphatic rings. The van der Waals surface area contributed by atoms with E-state index in [1.165, 1.54) is 6.07 Å². The number of esters is 1. The zero-order chi connectivity index (χ0) is 17.3. The first-order valence-electron chi connectivity index (χ1n) is 7.37. The van der Waals surface area contributed by atoms with Crippen LogP contribution in [0.5, 0.6) is 11.5 Å². The molecule has 0 saturated heterocycles. The van der Waals surface area contributed by atoms with Gasteiger partial charge in [-0.25, -0.2) is 4.79 Å². The lowest BCUT2D eigenvalue weighted by molar-refractivity contribution is 0.0529. The second-order valence-electron chi connectivity index (χ2n) is 5.18. The van der Waals surface area contributed by atoms with Crippen molar-refractivity contribution in [2.45, 2.75) is 6.92 Å². The van der Waals surface area contributed by atoms with Crippen LogP contribution in [0.1, 0.15) is 17.3 Å². The molecule has 6 nitrogen and oxygen atoms in total. The molecular formula is C18H15NO5. The monoisotopic (exact) mass is 325 g/mol. The van der Waals surface area contributed by atoms with E-state index in [4.69, 9.17) is 4.74 Å². The standard InChI is InChI=1S/C18H15NO5/c1-2-24-18(23)15-12-8-11(20)9-13(21)14(12)17(22)19-16(15)10-6-4-3-5-7-10/h3-9,20-21H,2H2,1H3,(H,19,22). The van der Waals surface area contributed by atoms with Crippen LogP contribution in [-0.2, 0) is 4.74 Å². The zero-order valence-electron chi connectivity index (χ0n) is 12.9. The summed E-state index contributed by atoms with van der Waals surface area (Å²) in [6.45, 7) is 1.82. The number of pyridine rings is 1. The molecule has 0 fully saturated rings. The lowest BCUT2D eigenvalue weighted by Gasteiger charge is -2.13. The van der Waals surface area contributed by atoms with Gasteiger partial charge in [-0.05, 0) is 18.6 Å². The maximum absolute atomic E-state index is 12.5. The summed E-state index contributed by atoms with van der Waals surface area (Å²) in [7, 11) is 0. The van der Waals surface area contributed by atoms with Gasteiger partial charge in [-0.2, -0.15) is 0 Å². The number of carbonyl (C=O) groups excluding carboxylic acids is 1. The molecule has 3 aromatic rings. The third-order valence-corrected chi connectivity index (χ3v) is 3.63. The van der Waals surface area contributed by atoms with Gasteiger partial charge in [-0.3, -0.25) is 4.79 Å². The third-order valence-electron chi connectivity index (χ3n) is 3.63. The Balaban J connectivity index is 2.46. The van der Waals surface area contributed by atoms with Gasteiger partial charge in [0.05, 0.1) is 23.3 Å². The van der Waals surface area contributed by atoms with E-state index >= 15 is 0 Å². The fourth-order valence-corrected chi connectivity index (χ4v) is 2.66. The molecule has 3 rings (SSSR count). The number of H-pyrrole nitrogens is 1. The van der Waals surface area contributed by atoms with E-state index in [1.54, 1.807) is 31.2 Å². The summed E-state index contributed by atoms with van der Waals surface area (Å²) < 4.78 is 5.09. The highest BCUT2D eigenvalue weighted by Crippen LogP contribution is 2.33.